The Morgan fingerprint density at radius 1 is 1.20 bits per heavy atom. The van der Waals surface area contributed by atoms with Gasteiger partial charge in [-0.15, -0.1) is 0 Å². The van der Waals surface area contributed by atoms with Crippen LogP contribution in [0.15, 0.2) is 30.5 Å². The molecule has 0 saturated heterocycles. The first-order chi connectivity index (χ1) is 9.34. The van der Waals surface area contributed by atoms with E-state index in [0.717, 1.165) is 16.8 Å². The van der Waals surface area contributed by atoms with Crippen LogP contribution >= 0.6 is 0 Å². The Labute approximate surface area is 121 Å². The molecule has 1 unspecified atom stereocenters. The van der Waals surface area contributed by atoms with Gasteiger partial charge >= 0.3 is 0 Å². The van der Waals surface area contributed by atoms with Gasteiger partial charge in [0.05, 0.1) is 12.2 Å². The molecule has 0 radical (unpaired) electrons. The van der Waals surface area contributed by atoms with Crippen molar-refractivity contribution in [2.75, 3.05) is 0 Å². The number of nitrogens with one attached hydrogen (secondary N) is 1. The van der Waals surface area contributed by atoms with Crippen LogP contribution in [-0.4, -0.2) is 9.78 Å². The Morgan fingerprint density at radius 3 is 2.20 bits per heavy atom. The highest BCUT2D eigenvalue weighted by molar-refractivity contribution is 5.36. The van der Waals surface area contributed by atoms with Gasteiger partial charge in [-0.2, -0.15) is 5.10 Å². The van der Waals surface area contributed by atoms with Crippen molar-refractivity contribution < 1.29 is 0 Å². The van der Waals surface area contributed by atoms with Gasteiger partial charge in [0.25, 0.3) is 0 Å². The molecular weight excluding hydrogens is 248 g/mol. The molecule has 0 amide bonds. The van der Waals surface area contributed by atoms with Gasteiger partial charge in [-0.25, -0.2) is 5.43 Å². The second-order valence-corrected chi connectivity index (χ2v) is 6.28. The summed E-state index contributed by atoms with van der Waals surface area (Å²) in [6.07, 6.45) is 1.87. The van der Waals surface area contributed by atoms with Gasteiger partial charge in [0.1, 0.15) is 0 Å². The van der Waals surface area contributed by atoms with Crippen molar-refractivity contribution in [2.24, 2.45) is 12.9 Å². The van der Waals surface area contributed by atoms with Crippen molar-refractivity contribution in [3.8, 4) is 0 Å². The third-order valence-electron chi connectivity index (χ3n) is 3.86. The number of aryl methyl sites for hydroxylation is 1. The number of nitrogens with zero attached hydrogens (tertiary/aromatic N) is 2. The molecule has 0 saturated carbocycles. The maximum Gasteiger partial charge on any atom is 0.0743 e. The maximum atomic E-state index is 5.75. The van der Waals surface area contributed by atoms with Gasteiger partial charge in [0, 0.05) is 18.3 Å². The average molecular weight is 272 g/mol. The van der Waals surface area contributed by atoms with Crippen LogP contribution in [0.3, 0.4) is 0 Å². The van der Waals surface area contributed by atoms with E-state index in [1.165, 1.54) is 5.56 Å². The summed E-state index contributed by atoms with van der Waals surface area (Å²) in [5.41, 5.74) is 7.75. The first-order valence-electron chi connectivity index (χ1n) is 6.89. The zero-order valence-corrected chi connectivity index (χ0v) is 12.9. The van der Waals surface area contributed by atoms with Crippen LogP contribution in [0.2, 0.25) is 0 Å². The smallest absolute Gasteiger partial charge is 0.0743 e. The lowest BCUT2D eigenvalue weighted by atomic mass is 9.86. The lowest BCUT2D eigenvalue weighted by Gasteiger charge is -2.21. The first-order valence-corrected chi connectivity index (χ1v) is 6.89. The molecule has 1 atom stereocenters. The van der Waals surface area contributed by atoms with Crippen molar-refractivity contribution >= 4 is 0 Å². The Morgan fingerprint density at radius 2 is 1.80 bits per heavy atom. The SMILES string of the molecule is Cc1c(C(NN)c2ccc(C(C)(C)C)cc2)cnn1C. The molecule has 0 fully saturated rings. The third kappa shape index (κ3) is 2.76. The van der Waals surface area contributed by atoms with Crippen LogP contribution in [-0.2, 0) is 12.5 Å². The molecule has 0 aliphatic carbocycles. The van der Waals surface area contributed by atoms with Crippen LogP contribution in [0.5, 0.6) is 0 Å². The molecule has 1 aromatic carbocycles. The lowest BCUT2D eigenvalue weighted by Crippen LogP contribution is -2.29. The van der Waals surface area contributed by atoms with Gasteiger partial charge in [-0.3, -0.25) is 10.5 Å². The molecule has 4 heteroatoms. The van der Waals surface area contributed by atoms with Gasteiger partial charge in [-0.05, 0) is 23.5 Å². The third-order valence-corrected chi connectivity index (χ3v) is 3.86. The molecule has 0 bridgehead atoms. The zero-order chi connectivity index (χ0) is 14.9. The molecule has 0 aliphatic heterocycles. The second kappa shape index (κ2) is 5.38. The molecule has 108 valence electrons. The monoisotopic (exact) mass is 272 g/mol. The van der Waals surface area contributed by atoms with Gasteiger partial charge in [-0.1, -0.05) is 45.0 Å². The topological polar surface area (TPSA) is 55.9 Å². The second-order valence-electron chi connectivity index (χ2n) is 6.28. The summed E-state index contributed by atoms with van der Waals surface area (Å²) in [5, 5.41) is 4.29. The highest BCUT2D eigenvalue weighted by atomic mass is 15.3. The average Bonchev–Trinajstić information content (AvgIpc) is 2.72. The highest BCUT2D eigenvalue weighted by Gasteiger charge is 2.19. The largest absolute Gasteiger partial charge is 0.273 e. The number of hydrazine groups is 1. The van der Waals surface area contributed by atoms with E-state index < -0.39 is 0 Å². The number of benzene rings is 1. The van der Waals surface area contributed by atoms with E-state index in [1.54, 1.807) is 0 Å². The number of nitrogens with two attached hydrogens (primary N) is 1. The van der Waals surface area contributed by atoms with E-state index in [0.29, 0.717) is 0 Å². The fraction of sp³-hybridized carbons (Fsp3) is 0.438. The number of hydrogen-bond acceptors (Lipinski definition) is 3. The van der Waals surface area contributed by atoms with Crippen LogP contribution < -0.4 is 11.3 Å². The normalized spacial score (nSPS) is 13.5. The minimum absolute atomic E-state index is 0.0299. The Bertz CT molecular complexity index is 576. The predicted molar refractivity (Wildman–Crippen MR) is 82.3 cm³/mol. The van der Waals surface area contributed by atoms with E-state index in [4.69, 9.17) is 5.84 Å². The Balaban J connectivity index is 2.36. The molecule has 4 nitrogen and oxygen atoms in total. The van der Waals surface area contributed by atoms with Crippen molar-refractivity contribution in [2.45, 2.75) is 39.2 Å². The van der Waals surface area contributed by atoms with Crippen LogP contribution in [0, 0.1) is 6.92 Å². The number of hydrogen-bond donors (Lipinski definition) is 2. The summed E-state index contributed by atoms with van der Waals surface area (Å²) in [6, 6.07) is 8.59. The van der Waals surface area contributed by atoms with E-state index in [2.05, 4.69) is 62.5 Å². The number of rotatable bonds is 3. The van der Waals surface area contributed by atoms with Gasteiger partial charge in [0.2, 0.25) is 0 Å². The quantitative estimate of drug-likeness (QED) is 0.667. The summed E-state index contributed by atoms with van der Waals surface area (Å²) >= 11 is 0. The summed E-state index contributed by atoms with van der Waals surface area (Å²) in [4.78, 5) is 0. The van der Waals surface area contributed by atoms with Gasteiger partial charge in [0.15, 0.2) is 0 Å². The molecular formula is C16H24N4. The molecule has 2 aromatic rings. The summed E-state index contributed by atoms with van der Waals surface area (Å²) in [5.74, 6) is 5.75. The van der Waals surface area contributed by atoms with E-state index in [-0.39, 0.29) is 11.5 Å². The molecule has 2 rings (SSSR count). The minimum Gasteiger partial charge on any atom is -0.273 e. The van der Waals surface area contributed by atoms with Crippen molar-refractivity contribution in [3.63, 3.8) is 0 Å². The fourth-order valence-electron chi connectivity index (χ4n) is 2.34. The molecule has 20 heavy (non-hydrogen) atoms. The molecule has 1 heterocycles. The van der Waals surface area contributed by atoms with Crippen molar-refractivity contribution in [1.29, 1.82) is 0 Å². The molecule has 3 N–H and O–H groups in total. The van der Waals surface area contributed by atoms with Crippen LogP contribution in [0.4, 0.5) is 0 Å². The summed E-state index contributed by atoms with van der Waals surface area (Å²) in [6.45, 7) is 8.69. The summed E-state index contributed by atoms with van der Waals surface area (Å²) < 4.78 is 1.86. The summed E-state index contributed by atoms with van der Waals surface area (Å²) in [7, 11) is 1.94. The van der Waals surface area contributed by atoms with Crippen LogP contribution in [0.1, 0.15) is 49.2 Å². The van der Waals surface area contributed by atoms with Crippen molar-refractivity contribution in [3.05, 3.63) is 52.8 Å². The maximum absolute atomic E-state index is 5.75. The van der Waals surface area contributed by atoms with E-state index >= 15 is 0 Å². The predicted octanol–water partition coefficient (Wildman–Crippen LogP) is 2.58. The molecule has 0 aliphatic rings. The first kappa shape index (κ1) is 14.8. The van der Waals surface area contributed by atoms with E-state index in [1.807, 2.05) is 17.9 Å². The minimum atomic E-state index is -0.0299. The lowest BCUT2D eigenvalue weighted by molar-refractivity contribution is 0.587. The van der Waals surface area contributed by atoms with Crippen LogP contribution in [0.25, 0.3) is 0 Å². The Kier molecular flexibility index (Phi) is 3.97. The molecule has 0 spiro atoms. The number of aromatic nitrogens is 2. The standard InChI is InChI=1S/C16H24N4/c1-11-14(10-18-20(11)5)15(19-17)12-6-8-13(9-7-12)16(2,3)4/h6-10,15,19H,17H2,1-5H3. The van der Waals surface area contributed by atoms with Gasteiger partial charge < -0.3 is 0 Å². The fourth-order valence-corrected chi connectivity index (χ4v) is 2.34. The van der Waals surface area contributed by atoms with Crippen molar-refractivity contribution in [1.82, 2.24) is 15.2 Å². The van der Waals surface area contributed by atoms with E-state index in [9.17, 15) is 0 Å². The molecule has 1 aromatic heterocycles. The Hall–Kier alpha value is -1.65. The zero-order valence-electron chi connectivity index (χ0n) is 12.9. The highest BCUT2D eigenvalue weighted by Crippen LogP contribution is 2.27.